The highest BCUT2D eigenvalue weighted by Gasteiger charge is 2.19. The van der Waals surface area contributed by atoms with Gasteiger partial charge in [0.15, 0.2) is 0 Å². The number of carbonyl (C=O) groups is 1. The molecule has 0 bridgehead atoms. The number of aliphatic hydroxyl groups is 1. The first kappa shape index (κ1) is 16.6. The molecular weight excluding hydrogens is 324 g/mol. The van der Waals surface area contributed by atoms with Crippen LogP contribution in [0.15, 0.2) is 54.7 Å². The van der Waals surface area contributed by atoms with Crippen molar-refractivity contribution in [1.29, 1.82) is 0 Å². The summed E-state index contributed by atoms with van der Waals surface area (Å²) in [6, 6.07) is 14.4. The highest BCUT2D eigenvalue weighted by molar-refractivity contribution is 6.30. The van der Waals surface area contributed by atoms with Crippen LogP contribution in [-0.2, 0) is 11.2 Å². The molecule has 1 amide bonds. The fraction of sp³-hybridized carbons (Fsp3) is 0.211. The Hall–Kier alpha value is -2.30. The fourth-order valence-electron chi connectivity index (χ4n) is 2.78. The number of halogens is 1. The molecule has 2 atom stereocenters. The van der Waals surface area contributed by atoms with E-state index < -0.39 is 12.1 Å². The van der Waals surface area contributed by atoms with Gasteiger partial charge in [-0.15, -0.1) is 0 Å². The first-order valence-electron chi connectivity index (χ1n) is 7.82. The summed E-state index contributed by atoms with van der Waals surface area (Å²) in [6.45, 7) is 1.78. The molecule has 0 aliphatic heterocycles. The molecule has 2 aromatic carbocycles. The van der Waals surface area contributed by atoms with E-state index in [1.54, 1.807) is 31.2 Å². The van der Waals surface area contributed by atoms with Crippen LogP contribution in [0.5, 0.6) is 0 Å². The van der Waals surface area contributed by atoms with Crippen LogP contribution < -0.4 is 5.32 Å². The maximum Gasteiger partial charge on any atom is 0.224 e. The Morgan fingerprint density at radius 1 is 1.21 bits per heavy atom. The molecule has 0 aliphatic carbocycles. The van der Waals surface area contributed by atoms with Gasteiger partial charge < -0.3 is 15.4 Å². The SMILES string of the molecule is CC(NC(=O)Cc1c[nH]c2ccccc12)C(O)c1ccc(Cl)cc1. The van der Waals surface area contributed by atoms with Gasteiger partial charge in [-0.1, -0.05) is 41.9 Å². The number of nitrogens with one attached hydrogen (secondary N) is 2. The molecule has 0 saturated carbocycles. The third-order valence-corrected chi connectivity index (χ3v) is 4.35. The summed E-state index contributed by atoms with van der Waals surface area (Å²) in [4.78, 5) is 15.5. The molecule has 3 rings (SSSR count). The van der Waals surface area contributed by atoms with E-state index >= 15 is 0 Å². The molecule has 24 heavy (non-hydrogen) atoms. The van der Waals surface area contributed by atoms with Crippen molar-refractivity contribution in [3.05, 3.63) is 70.9 Å². The van der Waals surface area contributed by atoms with Crippen LogP contribution in [-0.4, -0.2) is 22.0 Å². The Balaban J connectivity index is 1.64. The van der Waals surface area contributed by atoms with Crippen LogP contribution in [0.3, 0.4) is 0 Å². The lowest BCUT2D eigenvalue weighted by atomic mass is 10.0. The number of hydrogen-bond donors (Lipinski definition) is 3. The lowest BCUT2D eigenvalue weighted by molar-refractivity contribution is -0.121. The summed E-state index contributed by atoms with van der Waals surface area (Å²) in [7, 11) is 0. The fourth-order valence-corrected chi connectivity index (χ4v) is 2.91. The number of aromatic amines is 1. The molecule has 0 radical (unpaired) electrons. The van der Waals surface area contributed by atoms with Gasteiger partial charge >= 0.3 is 0 Å². The Bertz CT molecular complexity index is 842. The Kier molecular flexibility index (Phi) is 4.88. The topological polar surface area (TPSA) is 65.1 Å². The van der Waals surface area contributed by atoms with Crippen LogP contribution >= 0.6 is 11.6 Å². The maximum absolute atomic E-state index is 12.3. The zero-order valence-electron chi connectivity index (χ0n) is 13.3. The number of rotatable bonds is 5. The van der Waals surface area contributed by atoms with Gasteiger partial charge in [-0.3, -0.25) is 4.79 Å². The predicted molar refractivity (Wildman–Crippen MR) is 96.0 cm³/mol. The van der Waals surface area contributed by atoms with Crippen LogP contribution in [0.4, 0.5) is 0 Å². The van der Waals surface area contributed by atoms with Crippen molar-refractivity contribution in [3.8, 4) is 0 Å². The second kappa shape index (κ2) is 7.07. The monoisotopic (exact) mass is 342 g/mol. The zero-order valence-corrected chi connectivity index (χ0v) is 14.0. The van der Waals surface area contributed by atoms with Gasteiger partial charge in [0, 0.05) is 22.1 Å². The molecule has 0 aliphatic rings. The van der Waals surface area contributed by atoms with E-state index in [0.717, 1.165) is 22.0 Å². The number of H-pyrrole nitrogens is 1. The first-order valence-corrected chi connectivity index (χ1v) is 8.20. The van der Waals surface area contributed by atoms with Gasteiger partial charge in [-0.05, 0) is 36.2 Å². The summed E-state index contributed by atoms with van der Waals surface area (Å²) >= 11 is 5.85. The minimum Gasteiger partial charge on any atom is -0.386 e. The lowest BCUT2D eigenvalue weighted by Gasteiger charge is -2.20. The minimum atomic E-state index is -0.783. The molecule has 1 aromatic heterocycles. The van der Waals surface area contributed by atoms with E-state index in [9.17, 15) is 9.90 Å². The number of fused-ring (bicyclic) bond motifs is 1. The highest BCUT2D eigenvalue weighted by Crippen LogP contribution is 2.20. The Labute approximate surface area is 145 Å². The van der Waals surface area contributed by atoms with Crippen molar-refractivity contribution >= 4 is 28.4 Å². The number of hydrogen-bond acceptors (Lipinski definition) is 2. The van der Waals surface area contributed by atoms with Crippen LogP contribution in [0, 0.1) is 0 Å². The van der Waals surface area contributed by atoms with Gasteiger partial charge in [-0.25, -0.2) is 0 Å². The quantitative estimate of drug-likeness (QED) is 0.663. The van der Waals surface area contributed by atoms with Crippen molar-refractivity contribution in [2.24, 2.45) is 0 Å². The van der Waals surface area contributed by atoms with Crippen molar-refractivity contribution in [2.45, 2.75) is 25.5 Å². The van der Waals surface area contributed by atoms with E-state index in [2.05, 4.69) is 10.3 Å². The molecule has 0 fully saturated rings. The van der Waals surface area contributed by atoms with Gasteiger partial charge in [0.2, 0.25) is 5.91 Å². The molecular formula is C19H19ClN2O2. The summed E-state index contributed by atoms with van der Waals surface area (Å²) in [5, 5.41) is 14.9. The summed E-state index contributed by atoms with van der Waals surface area (Å²) < 4.78 is 0. The summed E-state index contributed by atoms with van der Waals surface area (Å²) in [6.07, 6.45) is 1.33. The van der Waals surface area contributed by atoms with Gasteiger partial charge in [0.25, 0.3) is 0 Å². The number of aliphatic hydroxyl groups excluding tert-OH is 1. The van der Waals surface area contributed by atoms with Crippen LogP contribution in [0.2, 0.25) is 5.02 Å². The highest BCUT2D eigenvalue weighted by atomic mass is 35.5. The average molecular weight is 343 g/mol. The van der Waals surface area contributed by atoms with Crippen molar-refractivity contribution in [2.75, 3.05) is 0 Å². The first-order chi connectivity index (χ1) is 11.5. The average Bonchev–Trinajstić information content (AvgIpc) is 2.98. The van der Waals surface area contributed by atoms with Crippen molar-refractivity contribution in [3.63, 3.8) is 0 Å². The van der Waals surface area contributed by atoms with E-state index in [0.29, 0.717) is 5.02 Å². The number of aromatic nitrogens is 1. The molecule has 1 heterocycles. The standard InChI is InChI=1S/C19H19ClN2O2/c1-12(19(24)13-6-8-15(20)9-7-13)22-18(23)10-14-11-21-17-5-3-2-4-16(14)17/h2-9,11-12,19,21,24H,10H2,1H3,(H,22,23). The predicted octanol–water partition coefficient (Wildman–Crippen LogP) is 3.60. The van der Waals surface area contributed by atoms with E-state index in [-0.39, 0.29) is 12.3 Å². The number of benzene rings is 2. The second-order valence-electron chi connectivity index (χ2n) is 5.89. The molecule has 3 aromatic rings. The van der Waals surface area contributed by atoms with E-state index in [1.807, 2.05) is 30.5 Å². The zero-order chi connectivity index (χ0) is 17.1. The summed E-state index contributed by atoms with van der Waals surface area (Å²) in [5.74, 6) is -0.125. The lowest BCUT2D eigenvalue weighted by Crippen LogP contribution is -2.37. The summed E-state index contributed by atoms with van der Waals surface area (Å²) in [5.41, 5.74) is 2.67. The molecule has 2 unspecified atom stereocenters. The largest absolute Gasteiger partial charge is 0.386 e. The van der Waals surface area contributed by atoms with Gasteiger partial charge in [0.05, 0.1) is 18.6 Å². The van der Waals surface area contributed by atoms with E-state index in [4.69, 9.17) is 11.6 Å². The molecule has 0 spiro atoms. The number of para-hydroxylation sites is 1. The van der Waals surface area contributed by atoms with Gasteiger partial charge in [-0.2, -0.15) is 0 Å². The normalized spacial score (nSPS) is 13.6. The molecule has 124 valence electrons. The van der Waals surface area contributed by atoms with Crippen molar-refractivity contribution < 1.29 is 9.90 Å². The maximum atomic E-state index is 12.3. The second-order valence-corrected chi connectivity index (χ2v) is 6.33. The molecule has 3 N–H and O–H groups in total. The molecule has 0 saturated heterocycles. The Morgan fingerprint density at radius 3 is 2.67 bits per heavy atom. The van der Waals surface area contributed by atoms with Crippen LogP contribution in [0.1, 0.15) is 24.2 Å². The third kappa shape index (κ3) is 3.61. The Morgan fingerprint density at radius 2 is 1.92 bits per heavy atom. The number of amides is 1. The minimum absolute atomic E-state index is 0.125. The van der Waals surface area contributed by atoms with Crippen LogP contribution in [0.25, 0.3) is 10.9 Å². The smallest absolute Gasteiger partial charge is 0.224 e. The van der Waals surface area contributed by atoms with Gasteiger partial charge in [0.1, 0.15) is 0 Å². The third-order valence-electron chi connectivity index (χ3n) is 4.10. The molecule has 5 heteroatoms. The number of carbonyl (C=O) groups excluding carboxylic acids is 1. The van der Waals surface area contributed by atoms with E-state index in [1.165, 1.54) is 0 Å². The molecule has 4 nitrogen and oxygen atoms in total. The van der Waals surface area contributed by atoms with Crippen molar-refractivity contribution in [1.82, 2.24) is 10.3 Å².